The molecule has 0 atom stereocenters. The minimum absolute atomic E-state index is 0.0242. The second-order valence-electron chi connectivity index (χ2n) is 3.93. The number of benzene rings is 1. The Bertz CT molecular complexity index is 362. The van der Waals surface area contributed by atoms with Crippen LogP contribution in [0.15, 0.2) is 24.3 Å². The number of Topliss-reactive ketones (excluding diaryl/α,β-unsaturated/α-hetero) is 1. The molecule has 1 N–H and O–H groups in total. The van der Waals surface area contributed by atoms with Crippen LogP contribution in [-0.2, 0) is 0 Å². The number of hydrogen-bond acceptors (Lipinski definition) is 3. The van der Waals surface area contributed by atoms with E-state index in [1.54, 1.807) is 6.07 Å². The number of halogens is 1. The molecule has 0 unspecified atom stereocenters. The summed E-state index contributed by atoms with van der Waals surface area (Å²) in [5, 5.41) is 8.88. The summed E-state index contributed by atoms with van der Waals surface area (Å²) < 4.78 is 13.0. The highest BCUT2D eigenvalue weighted by Gasteiger charge is 2.11. The van der Waals surface area contributed by atoms with Gasteiger partial charge in [0, 0.05) is 12.1 Å². The molecule has 0 radical (unpaired) electrons. The molecule has 0 aromatic heterocycles. The first-order valence-corrected chi connectivity index (χ1v) is 5.79. The SMILES string of the molecule is CCCN(CCO)CC(=O)c1cccc(F)c1. The van der Waals surface area contributed by atoms with E-state index in [0.29, 0.717) is 12.1 Å². The van der Waals surface area contributed by atoms with Crippen LogP contribution in [0.4, 0.5) is 4.39 Å². The number of aliphatic hydroxyl groups excluding tert-OH is 1. The number of nitrogens with zero attached hydrogens (tertiary/aromatic N) is 1. The van der Waals surface area contributed by atoms with E-state index in [2.05, 4.69) is 0 Å². The van der Waals surface area contributed by atoms with Crippen molar-refractivity contribution in [3.63, 3.8) is 0 Å². The average molecular weight is 239 g/mol. The van der Waals surface area contributed by atoms with Gasteiger partial charge in [0.15, 0.2) is 5.78 Å². The van der Waals surface area contributed by atoms with Crippen molar-refractivity contribution in [3.05, 3.63) is 35.6 Å². The molecule has 17 heavy (non-hydrogen) atoms. The van der Waals surface area contributed by atoms with Gasteiger partial charge < -0.3 is 5.11 Å². The Hall–Kier alpha value is -1.26. The lowest BCUT2D eigenvalue weighted by Gasteiger charge is -2.19. The molecule has 0 fully saturated rings. The quantitative estimate of drug-likeness (QED) is 0.736. The largest absolute Gasteiger partial charge is 0.395 e. The zero-order chi connectivity index (χ0) is 12.7. The predicted octanol–water partition coefficient (Wildman–Crippen LogP) is 1.71. The monoisotopic (exact) mass is 239 g/mol. The van der Waals surface area contributed by atoms with Crippen molar-refractivity contribution >= 4 is 5.78 Å². The van der Waals surface area contributed by atoms with Crippen LogP contribution in [0.2, 0.25) is 0 Å². The zero-order valence-corrected chi connectivity index (χ0v) is 10.0. The smallest absolute Gasteiger partial charge is 0.176 e. The summed E-state index contributed by atoms with van der Waals surface area (Å²) in [7, 11) is 0. The van der Waals surface area contributed by atoms with E-state index < -0.39 is 5.82 Å². The lowest BCUT2D eigenvalue weighted by molar-refractivity contribution is 0.0914. The molecule has 3 nitrogen and oxygen atoms in total. The van der Waals surface area contributed by atoms with Crippen molar-refractivity contribution in [2.24, 2.45) is 0 Å². The van der Waals surface area contributed by atoms with Crippen LogP contribution in [0.5, 0.6) is 0 Å². The summed E-state index contributed by atoms with van der Waals surface area (Å²) >= 11 is 0. The summed E-state index contributed by atoms with van der Waals surface area (Å²) in [5.41, 5.74) is 0.379. The molecule has 0 aliphatic carbocycles. The van der Waals surface area contributed by atoms with Gasteiger partial charge in [0.05, 0.1) is 13.2 Å². The first-order chi connectivity index (χ1) is 8.17. The number of rotatable bonds is 7. The summed E-state index contributed by atoms with van der Waals surface area (Å²) in [6, 6.07) is 5.69. The maximum absolute atomic E-state index is 13.0. The lowest BCUT2D eigenvalue weighted by atomic mass is 10.1. The average Bonchev–Trinajstić information content (AvgIpc) is 2.29. The number of carbonyl (C=O) groups excluding carboxylic acids is 1. The second kappa shape index (κ2) is 7.14. The van der Waals surface area contributed by atoms with Crippen molar-refractivity contribution in [1.82, 2.24) is 4.90 Å². The van der Waals surface area contributed by atoms with E-state index in [1.807, 2.05) is 11.8 Å². The predicted molar refractivity (Wildman–Crippen MR) is 64.5 cm³/mol. The molecule has 0 aliphatic heterocycles. The topological polar surface area (TPSA) is 40.5 Å². The highest BCUT2D eigenvalue weighted by atomic mass is 19.1. The minimum atomic E-state index is -0.403. The molecule has 0 spiro atoms. The highest BCUT2D eigenvalue weighted by Crippen LogP contribution is 2.05. The number of hydrogen-bond donors (Lipinski definition) is 1. The summed E-state index contributed by atoms with van der Waals surface area (Å²) in [6.45, 7) is 3.47. The molecule has 0 bridgehead atoms. The van der Waals surface area contributed by atoms with Crippen LogP contribution < -0.4 is 0 Å². The van der Waals surface area contributed by atoms with Gasteiger partial charge in [-0.25, -0.2) is 4.39 Å². The fraction of sp³-hybridized carbons (Fsp3) is 0.462. The standard InChI is InChI=1S/C13H18FNO2/c1-2-6-15(7-8-16)10-13(17)11-4-3-5-12(14)9-11/h3-5,9,16H,2,6-8,10H2,1H3. The first-order valence-electron chi connectivity index (χ1n) is 5.79. The molecule has 0 aliphatic rings. The van der Waals surface area contributed by atoms with Gasteiger partial charge in [0.25, 0.3) is 0 Å². The molecule has 1 rings (SSSR count). The van der Waals surface area contributed by atoms with Crippen molar-refractivity contribution in [3.8, 4) is 0 Å². The fourth-order valence-electron chi connectivity index (χ4n) is 1.68. The lowest BCUT2D eigenvalue weighted by Crippen LogP contribution is -2.33. The third-order valence-corrected chi connectivity index (χ3v) is 2.47. The van der Waals surface area contributed by atoms with Crippen molar-refractivity contribution < 1.29 is 14.3 Å². The first kappa shape index (κ1) is 13.8. The van der Waals surface area contributed by atoms with Gasteiger partial charge >= 0.3 is 0 Å². The van der Waals surface area contributed by atoms with Crippen LogP contribution in [0.3, 0.4) is 0 Å². The summed E-state index contributed by atoms with van der Waals surface area (Å²) in [5.74, 6) is -0.522. The van der Waals surface area contributed by atoms with E-state index in [0.717, 1.165) is 13.0 Å². The summed E-state index contributed by atoms with van der Waals surface area (Å²) in [6.07, 6.45) is 0.913. The Balaban J connectivity index is 2.63. The van der Waals surface area contributed by atoms with Crippen molar-refractivity contribution in [2.75, 3.05) is 26.2 Å². The molecule has 94 valence electrons. The van der Waals surface area contributed by atoms with Crippen molar-refractivity contribution in [1.29, 1.82) is 0 Å². The van der Waals surface area contributed by atoms with E-state index in [1.165, 1.54) is 18.2 Å². The molecular weight excluding hydrogens is 221 g/mol. The maximum atomic E-state index is 13.0. The molecule has 0 saturated carbocycles. The fourth-order valence-corrected chi connectivity index (χ4v) is 1.68. The van der Waals surface area contributed by atoms with Crippen LogP contribution in [0.1, 0.15) is 23.7 Å². The Morgan fingerprint density at radius 2 is 2.18 bits per heavy atom. The van der Waals surface area contributed by atoms with Gasteiger partial charge in [-0.2, -0.15) is 0 Å². The summed E-state index contributed by atoms with van der Waals surface area (Å²) in [4.78, 5) is 13.7. The number of carbonyl (C=O) groups is 1. The molecule has 0 amide bonds. The van der Waals surface area contributed by atoms with Gasteiger partial charge in [0.1, 0.15) is 5.82 Å². The van der Waals surface area contributed by atoms with Gasteiger partial charge in [0.2, 0.25) is 0 Å². The highest BCUT2D eigenvalue weighted by molar-refractivity contribution is 5.97. The van der Waals surface area contributed by atoms with Crippen LogP contribution >= 0.6 is 0 Å². The van der Waals surface area contributed by atoms with Gasteiger partial charge in [-0.1, -0.05) is 19.1 Å². The third-order valence-electron chi connectivity index (χ3n) is 2.47. The Morgan fingerprint density at radius 1 is 1.41 bits per heavy atom. The molecular formula is C13H18FNO2. The van der Waals surface area contributed by atoms with Crippen molar-refractivity contribution in [2.45, 2.75) is 13.3 Å². The minimum Gasteiger partial charge on any atom is -0.395 e. The van der Waals surface area contributed by atoms with E-state index in [-0.39, 0.29) is 18.9 Å². The normalized spacial score (nSPS) is 10.8. The molecule has 1 aromatic rings. The molecule has 1 aromatic carbocycles. The van der Waals surface area contributed by atoms with Gasteiger partial charge in [-0.3, -0.25) is 9.69 Å². The molecule has 4 heteroatoms. The Labute approximate surface area is 101 Å². The van der Waals surface area contributed by atoms with Crippen LogP contribution in [-0.4, -0.2) is 42.0 Å². The second-order valence-corrected chi connectivity index (χ2v) is 3.93. The van der Waals surface area contributed by atoms with Crippen LogP contribution in [0.25, 0.3) is 0 Å². The van der Waals surface area contributed by atoms with E-state index in [4.69, 9.17) is 5.11 Å². The van der Waals surface area contributed by atoms with E-state index >= 15 is 0 Å². The molecule has 0 saturated heterocycles. The van der Waals surface area contributed by atoms with E-state index in [9.17, 15) is 9.18 Å². The Kier molecular flexibility index (Phi) is 5.80. The zero-order valence-electron chi connectivity index (χ0n) is 10.0. The molecule has 0 heterocycles. The number of ketones is 1. The third kappa shape index (κ3) is 4.63. The van der Waals surface area contributed by atoms with Gasteiger partial charge in [-0.15, -0.1) is 0 Å². The van der Waals surface area contributed by atoms with Gasteiger partial charge in [-0.05, 0) is 25.1 Å². The Morgan fingerprint density at radius 3 is 2.76 bits per heavy atom. The van der Waals surface area contributed by atoms with Crippen LogP contribution in [0, 0.1) is 5.82 Å². The number of aliphatic hydroxyl groups is 1. The maximum Gasteiger partial charge on any atom is 0.176 e.